The highest BCUT2D eigenvalue weighted by molar-refractivity contribution is 8.01. The fraction of sp³-hybridized carbons (Fsp3) is 0.500. The quantitative estimate of drug-likeness (QED) is 0.284. The molecule has 2 heterocycles. The van der Waals surface area contributed by atoms with Crippen LogP contribution >= 0.6 is 34.4 Å². The van der Waals surface area contributed by atoms with Gasteiger partial charge >= 0.3 is 5.97 Å². The molecule has 29 heavy (non-hydrogen) atoms. The number of aryl methyl sites for hydroxylation is 1. The van der Waals surface area contributed by atoms with Gasteiger partial charge in [-0.25, -0.2) is 4.79 Å². The van der Waals surface area contributed by atoms with Crippen LogP contribution in [0.25, 0.3) is 0 Å². The average Bonchev–Trinajstić information content (AvgIpc) is 3.16. The summed E-state index contributed by atoms with van der Waals surface area (Å²) in [5, 5.41) is 14.2. The number of hydrogen-bond acceptors (Lipinski definition) is 9. The molecule has 0 aliphatic heterocycles. The Bertz CT molecular complexity index is 909. The highest BCUT2D eigenvalue weighted by Crippen LogP contribution is 2.38. The first kappa shape index (κ1) is 21.7. The van der Waals surface area contributed by atoms with Crippen molar-refractivity contribution in [3.8, 4) is 0 Å². The molecule has 0 aromatic carbocycles. The lowest BCUT2D eigenvalue weighted by Gasteiger charge is -2.08. The number of fused-ring (bicyclic) bond motifs is 1. The van der Waals surface area contributed by atoms with Crippen LogP contribution in [0.4, 0.5) is 10.1 Å². The van der Waals surface area contributed by atoms with Crippen molar-refractivity contribution in [1.82, 2.24) is 10.2 Å². The van der Waals surface area contributed by atoms with E-state index in [2.05, 4.69) is 20.8 Å². The van der Waals surface area contributed by atoms with Crippen LogP contribution in [0.5, 0.6) is 0 Å². The van der Waals surface area contributed by atoms with Gasteiger partial charge in [0.2, 0.25) is 16.9 Å². The Morgan fingerprint density at radius 2 is 1.90 bits per heavy atom. The number of amides is 2. The molecule has 0 bridgehead atoms. The predicted octanol–water partition coefficient (Wildman–Crippen LogP) is 3.73. The molecule has 2 aromatic heterocycles. The van der Waals surface area contributed by atoms with Gasteiger partial charge in [-0.1, -0.05) is 29.5 Å². The van der Waals surface area contributed by atoms with Gasteiger partial charge in [0.1, 0.15) is 5.00 Å². The summed E-state index contributed by atoms with van der Waals surface area (Å²) in [6, 6.07) is 0. The number of anilines is 2. The molecule has 2 N–H and O–H groups in total. The van der Waals surface area contributed by atoms with E-state index in [-0.39, 0.29) is 23.5 Å². The zero-order chi connectivity index (χ0) is 20.8. The summed E-state index contributed by atoms with van der Waals surface area (Å²) < 4.78 is 5.82. The Labute approximate surface area is 180 Å². The van der Waals surface area contributed by atoms with E-state index in [4.69, 9.17) is 4.74 Å². The van der Waals surface area contributed by atoms with Crippen molar-refractivity contribution in [2.75, 3.05) is 23.0 Å². The van der Waals surface area contributed by atoms with Crippen molar-refractivity contribution in [3.05, 3.63) is 16.0 Å². The van der Waals surface area contributed by atoms with Gasteiger partial charge in [0.05, 0.1) is 17.9 Å². The molecule has 1 aliphatic rings. The topological polar surface area (TPSA) is 110 Å². The zero-order valence-electron chi connectivity index (χ0n) is 16.2. The molecular weight excluding hydrogens is 432 g/mol. The lowest BCUT2D eigenvalue weighted by atomic mass is 10.1. The number of thioether (sulfide) groups is 1. The van der Waals surface area contributed by atoms with Crippen LogP contribution in [0.15, 0.2) is 4.34 Å². The van der Waals surface area contributed by atoms with Crippen LogP contribution < -0.4 is 10.6 Å². The molecule has 8 nitrogen and oxygen atoms in total. The molecule has 0 saturated carbocycles. The number of hydrogen-bond donors (Lipinski definition) is 2. The van der Waals surface area contributed by atoms with E-state index in [9.17, 15) is 14.4 Å². The fourth-order valence-electron chi connectivity index (χ4n) is 3.01. The van der Waals surface area contributed by atoms with Crippen LogP contribution in [0, 0.1) is 0 Å². The van der Waals surface area contributed by atoms with Gasteiger partial charge in [-0.2, -0.15) is 0 Å². The highest BCUT2D eigenvalue weighted by atomic mass is 32.2. The molecule has 0 atom stereocenters. The van der Waals surface area contributed by atoms with Crippen molar-refractivity contribution < 1.29 is 19.1 Å². The second-order valence-corrected chi connectivity index (χ2v) is 9.69. The van der Waals surface area contributed by atoms with Gasteiger partial charge < -0.3 is 15.4 Å². The third kappa shape index (κ3) is 5.77. The van der Waals surface area contributed by atoms with Crippen LogP contribution in [0.1, 0.15) is 53.9 Å². The SMILES string of the molecule is CCOC(=O)c1c(NC(=O)CSc2nnc(NC(C)=O)s2)sc2c1CCCCC2. The van der Waals surface area contributed by atoms with E-state index in [1.165, 1.54) is 41.4 Å². The summed E-state index contributed by atoms with van der Waals surface area (Å²) in [5.41, 5.74) is 1.54. The molecule has 2 aromatic rings. The highest BCUT2D eigenvalue weighted by Gasteiger charge is 2.26. The average molecular weight is 455 g/mol. The molecule has 156 valence electrons. The van der Waals surface area contributed by atoms with Crippen molar-refractivity contribution in [2.45, 2.75) is 50.3 Å². The smallest absolute Gasteiger partial charge is 0.341 e. The molecule has 0 unspecified atom stereocenters. The summed E-state index contributed by atoms with van der Waals surface area (Å²) in [6.45, 7) is 3.46. The van der Waals surface area contributed by atoms with E-state index < -0.39 is 0 Å². The summed E-state index contributed by atoms with van der Waals surface area (Å²) in [5.74, 6) is -0.703. The van der Waals surface area contributed by atoms with Crippen molar-refractivity contribution >= 4 is 62.4 Å². The van der Waals surface area contributed by atoms with E-state index in [0.29, 0.717) is 26.6 Å². The van der Waals surface area contributed by atoms with Gasteiger partial charge in [-0.05, 0) is 38.2 Å². The Morgan fingerprint density at radius 1 is 1.10 bits per heavy atom. The lowest BCUT2D eigenvalue weighted by molar-refractivity contribution is -0.114. The number of esters is 1. The molecule has 0 fully saturated rings. The number of rotatable bonds is 7. The first-order valence-electron chi connectivity index (χ1n) is 9.33. The minimum absolute atomic E-state index is 0.125. The predicted molar refractivity (Wildman–Crippen MR) is 115 cm³/mol. The summed E-state index contributed by atoms with van der Waals surface area (Å²) in [4.78, 5) is 37.2. The zero-order valence-corrected chi connectivity index (χ0v) is 18.7. The number of nitrogens with one attached hydrogen (secondary N) is 2. The van der Waals surface area contributed by atoms with Crippen LogP contribution in [0.2, 0.25) is 0 Å². The molecule has 3 rings (SSSR count). The third-order valence-electron chi connectivity index (χ3n) is 4.17. The van der Waals surface area contributed by atoms with Gasteiger partial charge in [0.25, 0.3) is 0 Å². The molecule has 1 aliphatic carbocycles. The number of carbonyl (C=O) groups is 3. The van der Waals surface area contributed by atoms with Gasteiger partial charge in [0.15, 0.2) is 4.34 Å². The second-order valence-electron chi connectivity index (χ2n) is 6.38. The maximum absolute atomic E-state index is 12.5. The van der Waals surface area contributed by atoms with Crippen molar-refractivity contribution in [3.63, 3.8) is 0 Å². The molecular formula is C18H22N4O4S3. The number of aromatic nitrogens is 2. The monoisotopic (exact) mass is 454 g/mol. The largest absolute Gasteiger partial charge is 0.462 e. The van der Waals surface area contributed by atoms with E-state index in [1.807, 2.05) is 0 Å². The summed E-state index contributed by atoms with van der Waals surface area (Å²) in [6.07, 6.45) is 5.03. The maximum Gasteiger partial charge on any atom is 0.341 e. The van der Waals surface area contributed by atoms with Gasteiger partial charge in [0, 0.05) is 11.8 Å². The first-order chi connectivity index (χ1) is 14.0. The number of nitrogens with zero attached hydrogens (tertiary/aromatic N) is 2. The Kier molecular flexibility index (Phi) is 7.62. The summed E-state index contributed by atoms with van der Waals surface area (Å²) >= 11 is 3.91. The van der Waals surface area contributed by atoms with Crippen LogP contribution in [0.3, 0.4) is 0 Å². The molecule has 0 spiro atoms. The molecule has 0 radical (unpaired) electrons. The van der Waals surface area contributed by atoms with Crippen LogP contribution in [-0.4, -0.2) is 40.3 Å². The minimum Gasteiger partial charge on any atom is -0.462 e. The first-order valence-corrected chi connectivity index (χ1v) is 11.9. The Morgan fingerprint density at radius 3 is 2.66 bits per heavy atom. The number of ether oxygens (including phenoxy) is 1. The maximum atomic E-state index is 12.5. The molecule has 0 saturated heterocycles. The van der Waals surface area contributed by atoms with Gasteiger partial charge in [-0.15, -0.1) is 21.5 Å². The van der Waals surface area contributed by atoms with Crippen molar-refractivity contribution in [1.29, 1.82) is 0 Å². The minimum atomic E-state index is -0.376. The standard InChI is InChI=1S/C18H22N4O4S3/c1-3-26-16(25)14-11-7-5-4-6-8-12(11)28-15(14)20-13(24)9-27-18-22-21-17(29-18)19-10(2)23/h3-9H2,1-2H3,(H,20,24)(H,19,21,23). The summed E-state index contributed by atoms with van der Waals surface area (Å²) in [7, 11) is 0. The van der Waals surface area contributed by atoms with Crippen molar-refractivity contribution in [2.24, 2.45) is 0 Å². The fourth-order valence-corrected chi connectivity index (χ4v) is 5.90. The lowest BCUT2D eigenvalue weighted by Crippen LogP contribution is -2.16. The Hall–Kier alpha value is -1.98. The Balaban J connectivity index is 1.68. The number of carbonyl (C=O) groups excluding carboxylic acids is 3. The third-order valence-corrected chi connectivity index (χ3v) is 7.35. The normalized spacial score (nSPS) is 13.3. The van der Waals surface area contributed by atoms with E-state index in [0.717, 1.165) is 42.5 Å². The van der Waals surface area contributed by atoms with E-state index >= 15 is 0 Å². The molecule has 11 heteroatoms. The second kappa shape index (κ2) is 10.2. The number of thiophene rings is 1. The van der Waals surface area contributed by atoms with Gasteiger partial charge in [-0.3, -0.25) is 9.59 Å². The molecule has 2 amide bonds. The van der Waals surface area contributed by atoms with Crippen LogP contribution in [-0.2, 0) is 27.2 Å². The van der Waals surface area contributed by atoms with E-state index in [1.54, 1.807) is 6.92 Å².